The summed E-state index contributed by atoms with van der Waals surface area (Å²) in [5, 5.41) is 18.5. The van der Waals surface area contributed by atoms with E-state index in [1.165, 1.54) is 0 Å². The predicted molar refractivity (Wildman–Crippen MR) is 59.4 cm³/mol. The number of hydrogen-bond donors (Lipinski definition) is 3. The summed E-state index contributed by atoms with van der Waals surface area (Å²) in [6, 6.07) is 8.96. The zero-order valence-corrected chi connectivity index (χ0v) is 9.11. The first-order valence-electron chi connectivity index (χ1n) is 5.00. The van der Waals surface area contributed by atoms with Gasteiger partial charge in [-0.3, -0.25) is 14.6 Å². The molecule has 1 aromatic carbocycles. The minimum atomic E-state index is -1.61. The van der Waals surface area contributed by atoms with Crippen molar-refractivity contribution in [1.82, 2.24) is 5.01 Å². The zero-order chi connectivity index (χ0) is 12.8. The van der Waals surface area contributed by atoms with Crippen LogP contribution in [0.3, 0.4) is 0 Å². The number of aliphatic hydroxyl groups excluding tert-OH is 1. The number of carbonyl (C=O) groups is 2. The molecule has 0 aliphatic heterocycles. The van der Waals surface area contributed by atoms with Crippen molar-refractivity contribution in [2.45, 2.75) is 19.1 Å². The number of amides is 1. The molecule has 0 fully saturated rings. The number of hydrazine groups is 1. The first-order valence-corrected chi connectivity index (χ1v) is 5.00. The van der Waals surface area contributed by atoms with E-state index in [2.05, 4.69) is 0 Å². The van der Waals surface area contributed by atoms with Gasteiger partial charge in [0, 0.05) is 0 Å². The van der Waals surface area contributed by atoms with Crippen molar-refractivity contribution in [2.24, 2.45) is 5.84 Å². The third kappa shape index (κ3) is 4.21. The number of carbonyl (C=O) groups excluding carboxylic acids is 1. The normalized spacial score (nSPS) is 11.9. The lowest BCUT2D eigenvalue weighted by Crippen LogP contribution is -2.44. The van der Waals surface area contributed by atoms with Crippen LogP contribution in [0.1, 0.15) is 12.0 Å². The van der Waals surface area contributed by atoms with E-state index in [1.807, 2.05) is 6.07 Å². The highest BCUT2D eigenvalue weighted by Gasteiger charge is 2.22. The molecule has 1 unspecified atom stereocenters. The average molecular weight is 238 g/mol. The second-order valence-corrected chi connectivity index (χ2v) is 3.57. The van der Waals surface area contributed by atoms with Crippen LogP contribution in [0.5, 0.6) is 0 Å². The average Bonchev–Trinajstić information content (AvgIpc) is 2.28. The van der Waals surface area contributed by atoms with Crippen LogP contribution in [0.2, 0.25) is 0 Å². The summed E-state index contributed by atoms with van der Waals surface area (Å²) >= 11 is 0. The molecule has 1 aromatic rings. The maximum absolute atomic E-state index is 11.5. The monoisotopic (exact) mass is 238 g/mol. The van der Waals surface area contributed by atoms with E-state index in [-0.39, 0.29) is 6.54 Å². The number of carboxylic acid groups (broad SMARTS) is 1. The van der Waals surface area contributed by atoms with Crippen LogP contribution < -0.4 is 5.84 Å². The van der Waals surface area contributed by atoms with Gasteiger partial charge < -0.3 is 10.2 Å². The molecule has 0 aliphatic rings. The lowest BCUT2D eigenvalue weighted by molar-refractivity contribution is -0.149. The van der Waals surface area contributed by atoms with Gasteiger partial charge in [0.15, 0.2) is 0 Å². The highest BCUT2D eigenvalue weighted by atomic mass is 16.4. The molecule has 1 rings (SSSR count). The molecule has 1 amide bonds. The summed E-state index contributed by atoms with van der Waals surface area (Å²) < 4.78 is 0. The molecule has 6 heteroatoms. The molecule has 6 nitrogen and oxygen atoms in total. The van der Waals surface area contributed by atoms with E-state index in [9.17, 15) is 14.7 Å². The Kier molecular flexibility index (Phi) is 4.62. The van der Waals surface area contributed by atoms with Crippen LogP contribution in [0, 0.1) is 0 Å². The molecule has 0 radical (unpaired) electrons. The van der Waals surface area contributed by atoms with Crippen molar-refractivity contribution in [3.05, 3.63) is 35.9 Å². The molecule has 0 saturated carbocycles. The first-order chi connectivity index (χ1) is 8.00. The lowest BCUT2D eigenvalue weighted by atomic mass is 10.2. The van der Waals surface area contributed by atoms with Gasteiger partial charge in [-0.25, -0.2) is 5.84 Å². The van der Waals surface area contributed by atoms with Crippen molar-refractivity contribution in [3.63, 3.8) is 0 Å². The highest BCUT2D eigenvalue weighted by molar-refractivity contribution is 5.84. The molecule has 1 atom stereocenters. The summed E-state index contributed by atoms with van der Waals surface area (Å²) in [6.45, 7) is 0.121. The van der Waals surface area contributed by atoms with E-state index in [0.29, 0.717) is 0 Å². The molecular formula is C11H14N2O4. The van der Waals surface area contributed by atoms with Crippen molar-refractivity contribution in [2.75, 3.05) is 0 Å². The fraction of sp³-hybridized carbons (Fsp3) is 0.273. The largest absolute Gasteiger partial charge is 0.481 e. The Morgan fingerprint density at radius 3 is 2.41 bits per heavy atom. The SMILES string of the molecule is NN(Cc1ccccc1)C(=O)C(O)CC(=O)O. The minimum absolute atomic E-state index is 0.121. The van der Waals surface area contributed by atoms with Gasteiger partial charge in [-0.15, -0.1) is 0 Å². The van der Waals surface area contributed by atoms with Crippen LogP contribution in [0.15, 0.2) is 30.3 Å². The summed E-state index contributed by atoms with van der Waals surface area (Å²) in [6.07, 6.45) is -2.26. The van der Waals surface area contributed by atoms with E-state index in [4.69, 9.17) is 10.9 Å². The topological polar surface area (TPSA) is 104 Å². The van der Waals surface area contributed by atoms with Crippen LogP contribution in [-0.2, 0) is 16.1 Å². The Labute approximate surface area is 98.2 Å². The zero-order valence-electron chi connectivity index (χ0n) is 9.11. The maximum atomic E-state index is 11.5. The van der Waals surface area contributed by atoms with E-state index >= 15 is 0 Å². The first kappa shape index (κ1) is 13.1. The fourth-order valence-corrected chi connectivity index (χ4v) is 1.30. The number of benzene rings is 1. The van der Waals surface area contributed by atoms with Gasteiger partial charge in [-0.2, -0.15) is 0 Å². The number of nitrogens with two attached hydrogens (primary N) is 1. The molecule has 0 aliphatic carbocycles. The van der Waals surface area contributed by atoms with Crippen molar-refractivity contribution < 1.29 is 19.8 Å². The van der Waals surface area contributed by atoms with E-state index in [0.717, 1.165) is 10.6 Å². The molecule has 4 N–H and O–H groups in total. The summed E-state index contributed by atoms with van der Waals surface area (Å²) in [5.41, 5.74) is 0.797. The molecule has 0 saturated heterocycles. The maximum Gasteiger partial charge on any atom is 0.306 e. The number of nitrogens with zero attached hydrogens (tertiary/aromatic N) is 1. The quantitative estimate of drug-likeness (QED) is 0.372. The van der Waals surface area contributed by atoms with Gasteiger partial charge in [-0.1, -0.05) is 30.3 Å². The predicted octanol–water partition coefficient (Wildman–Crippen LogP) is -0.276. The molecule has 0 spiro atoms. The third-order valence-corrected chi connectivity index (χ3v) is 2.13. The molecule has 92 valence electrons. The van der Waals surface area contributed by atoms with Crippen molar-refractivity contribution in [3.8, 4) is 0 Å². The van der Waals surface area contributed by atoms with Crippen molar-refractivity contribution in [1.29, 1.82) is 0 Å². The van der Waals surface area contributed by atoms with Crippen molar-refractivity contribution >= 4 is 11.9 Å². The van der Waals surface area contributed by atoms with Gasteiger partial charge in [0.1, 0.15) is 6.10 Å². The van der Waals surface area contributed by atoms with Crippen LogP contribution in [0.4, 0.5) is 0 Å². The molecule has 17 heavy (non-hydrogen) atoms. The number of hydrogen-bond acceptors (Lipinski definition) is 4. The van der Waals surface area contributed by atoms with Gasteiger partial charge >= 0.3 is 5.97 Å². The number of rotatable bonds is 5. The Bertz CT molecular complexity index is 394. The number of aliphatic hydroxyl groups is 1. The number of aliphatic carboxylic acids is 1. The minimum Gasteiger partial charge on any atom is -0.481 e. The fourth-order valence-electron chi connectivity index (χ4n) is 1.30. The second kappa shape index (κ2) is 5.97. The van der Waals surface area contributed by atoms with E-state index in [1.54, 1.807) is 24.3 Å². The Balaban J connectivity index is 2.55. The summed E-state index contributed by atoms with van der Waals surface area (Å²) in [7, 11) is 0. The number of carboxylic acids is 1. The Morgan fingerprint density at radius 2 is 1.88 bits per heavy atom. The molecular weight excluding hydrogens is 224 g/mol. The van der Waals surface area contributed by atoms with E-state index < -0.39 is 24.4 Å². The standard InChI is InChI=1S/C11H14N2O4/c12-13(7-8-4-2-1-3-5-8)11(17)9(14)6-10(15)16/h1-5,9,14H,6-7,12H2,(H,15,16). The highest BCUT2D eigenvalue weighted by Crippen LogP contribution is 2.04. The van der Waals surface area contributed by atoms with Gasteiger partial charge in [0.05, 0.1) is 13.0 Å². The molecule has 0 heterocycles. The summed E-state index contributed by atoms with van der Waals surface area (Å²) in [5.74, 6) is 3.40. The van der Waals surface area contributed by atoms with Gasteiger partial charge in [-0.05, 0) is 5.56 Å². The van der Waals surface area contributed by atoms with Gasteiger partial charge in [0.25, 0.3) is 5.91 Å². The molecule has 0 aromatic heterocycles. The lowest BCUT2D eigenvalue weighted by Gasteiger charge is -2.19. The summed E-state index contributed by atoms with van der Waals surface area (Å²) in [4.78, 5) is 21.8. The smallest absolute Gasteiger partial charge is 0.306 e. The Morgan fingerprint density at radius 1 is 1.29 bits per heavy atom. The molecule has 0 bridgehead atoms. The van der Waals surface area contributed by atoms with Crippen LogP contribution in [0.25, 0.3) is 0 Å². The van der Waals surface area contributed by atoms with Gasteiger partial charge in [0.2, 0.25) is 0 Å². The second-order valence-electron chi connectivity index (χ2n) is 3.57. The Hall–Kier alpha value is -1.92. The van der Waals surface area contributed by atoms with Crippen LogP contribution >= 0.6 is 0 Å². The third-order valence-electron chi connectivity index (χ3n) is 2.13. The van der Waals surface area contributed by atoms with Crippen LogP contribution in [-0.4, -0.2) is 33.2 Å².